The maximum atomic E-state index is 13.4. The Morgan fingerprint density at radius 1 is 1.18 bits per heavy atom. The van der Waals surface area contributed by atoms with Crippen LogP contribution < -0.4 is 14.2 Å². The van der Waals surface area contributed by atoms with Crippen molar-refractivity contribution in [3.63, 3.8) is 0 Å². The first-order valence-electron chi connectivity index (χ1n) is 8.09. The van der Waals surface area contributed by atoms with Gasteiger partial charge < -0.3 is 19.3 Å². The summed E-state index contributed by atoms with van der Waals surface area (Å²) >= 11 is 5.55. The molecule has 1 unspecified atom stereocenters. The third-order valence-electron chi connectivity index (χ3n) is 3.87. The second-order valence-corrected chi connectivity index (χ2v) is 6.26. The summed E-state index contributed by atoms with van der Waals surface area (Å²) in [7, 11) is 0. The maximum Gasteiger partial charge on any atom is 0.448 e. The van der Waals surface area contributed by atoms with Crippen LogP contribution in [0.15, 0.2) is 48.0 Å². The van der Waals surface area contributed by atoms with E-state index in [-0.39, 0.29) is 17.1 Å². The molecular formula is C19H14ClF3O5. The molecule has 0 fully saturated rings. The number of carboxylic acid groups (broad SMARTS) is 1. The number of alkyl halides is 4. The van der Waals surface area contributed by atoms with E-state index in [4.69, 9.17) is 25.8 Å². The topological polar surface area (TPSA) is 65.0 Å². The number of carboxylic acids is 1. The Morgan fingerprint density at radius 3 is 2.39 bits per heavy atom. The SMILES string of the molecule is CCOc1ccc(Oc2cccc3c2C=C(C(=O)O)C(Cl)(C(F)(F)F)O3)cc1. The van der Waals surface area contributed by atoms with Gasteiger partial charge in [-0.15, -0.1) is 0 Å². The molecule has 5 nitrogen and oxygen atoms in total. The van der Waals surface area contributed by atoms with E-state index in [2.05, 4.69) is 0 Å². The molecule has 0 spiro atoms. The van der Waals surface area contributed by atoms with E-state index in [1.165, 1.54) is 18.2 Å². The minimum atomic E-state index is -5.15. The first-order valence-corrected chi connectivity index (χ1v) is 8.47. The zero-order valence-electron chi connectivity index (χ0n) is 14.4. The summed E-state index contributed by atoms with van der Waals surface area (Å²) < 4.78 is 56.0. The number of carbonyl (C=O) groups is 1. The highest BCUT2D eigenvalue weighted by Gasteiger charge is 2.62. The molecule has 1 aliphatic heterocycles. The summed E-state index contributed by atoms with van der Waals surface area (Å²) in [6.45, 7) is 2.33. The van der Waals surface area contributed by atoms with Crippen molar-refractivity contribution in [3.05, 3.63) is 53.6 Å². The quantitative estimate of drug-likeness (QED) is 0.678. The van der Waals surface area contributed by atoms with Gasteiger partial charge in [0.05, 0.1) is 12.2 Å². The van der Waals surface area contributed by atoms with Crippen molar-refractivity contribution in [1.82, 2.24) is 0 Å². The Morgan fingerprint density at radius 2 is 1.82 bits per heavy atom. The Hall–Kier alpha value is -2.87. The molecule has 148 valence electrons. The van der Waals surface area contributed by atoms with Crippen molar-refractivity contribution in [2.75, 3.05) is 6.61 Å². The van der Waals surface area contributed by atoms with Gasteiger partial charge in [0.15, 0.2) is 0 Å². The average Bonchev–Trinajstić information content (AvgIpc) is 2.62. The monoisotopic (exact) mass is 414 g/mol. The minimum Gasteiger partial charge on any atom is -0.494 e. The van der Waals surface area contributed by atoms with Crippen LogP contribution in [-0.4, -0.2) is 28.9 Å². The largest absolute Gasteiger partial charge is 0.494 e. The highest BCUT2D eigenvalue weighted by molar-refractivity contribution is 6.29. The minimum absolute atomic E-state index is 0.0364. The van der Waals surface area contributed by atoms with Crippen LogP contribution in [-0.2, 0) is 4.79 Å². The number of ether oxygens (including phenoxy) is 3. The van der Waals surface area contributed by atoms with Gasteiger partial charge in [-0.2, -0.15) is 13.2 Å². The summed E-state index contributed by atoms with van der Waals surface area (Å²) in [5.41, 5.74) is -1.12. The zero-order chi connectivity index (χ0) is 20.5. The van der Waals surface area contributed by atoms with Crippen molar-refractivity contribution in [2.45, 2.75) is 18.2 Å². The van der Waals surface area contributed by atoms with Gasteiger partial charge >= 0.3 is 17.2 Å². The van der Waals surface area contributed by atoms with Gasteiger partial charge in [-0.05, 0) is 49.4 Å². The van der Waals surface area contributed by atoms with Gasteiger partial charge in [0, 0.05) is 0 Å². The van der Waals surface area contributed by atoms with Crippen LogP contribution in [0, 0.1) is 0 Å². The molecule has 9 heteroatoms. The predicted octanol–water partition coefficient (Wildman–Crippen LogP) is 5.24. The number of hydrogen-bond donors (Lipinski definition) is 1. The summed E-state index contributed by atoms with van der Waals surface area (Å²) in [5, 5.41) is 5.74. The van der Waals surface area contributed by atoms with E-state index in [9.17, 15) is 23.1 Å². The normalized spacial score (nSPS) is 18.5. The van der Waals surface area contributed by atoms with E-state index < -0.39 is 22.8 Å². The smallest absolute Gasteiger partial charge is 0.448 e. The number of halogens is 4. The fourth-order valence-electron chi connectivity index (χ4n) is 2.60. The summed E-state index contributed by atoms with van der Waals surface area (Å²) in [6, 6.07) is 10.7. The van der Waals surface area contributed by atoms with Gasteiger partial charge in [0.25, 0.3) is 0 Å². The number of rotatable bonds is 5. The molecule has 0 saturated carbocycles. The van der Waals surface area contributed by atoms with E-state index in [1.54, 1.807) is 24.3 Å². The van der Waals surface area contributed by atoms with Crippen LogP contribution in [0.4, 0.5) is 13.2 Å². The first kappa shape index (κ1) is 19.9. The second kappa shape index (κ2) is 7.27. The summed E-state index contributed by atoms with van der Waals surface area (Å²) in [6.07, 6.45) is -4.34. The van der Waals surface area contributed by atoms with Crippen LogP contribution in [0.5, 0.6) is 23.0 Å². The molecule has 28 heavy (non-hydrogen) atoms. The molecule has 1 heterocycles. The standard InChI is InChI=1S/C19H14ClF3O5/c1-2-26-11-6-8-12(9-7-11)27-15-4-3-5-16-13(15)10-14(17(24)25)18(20,28-16)19(21,22)23/h3-10H,2H2,1H3,(H,24,25). The molecule has 0 radical (unpaired) electrons. The Kier molecular flexibility index (Phi) is 5.16. The van der Waals surface area contributed by atoms with Crippen LogP contribution in [0.1, 0.15) is 12.5 Å². The van der Waals surface area contributed by atoms with Crippen molar-refractivity contribution in [2.24, 2.45) is 0 Å². The molecule has 1 N–H and O–H groups in total. The van der Waals surface area contributed by atoms with Crippen molar-refractivity contribution in [3.8, 4) is 23.0 Å². The van der Waals surface area contributed by atoms with Crippen LogP contribution in [0.2, 0.25) is 0 Å². The fourth-order valence-corrected chi connectivity index (χ4v) is 2.81. The van der Waals surface area contributed by atoms with Crippen LogP contribution in [0.3, 0.4) is 0 Å². The Balaban J connectivity index is 2.01. The van der Waals surface area contributed by atoms with E-state index in [0.717, 1.165) is 6.08 Å². The van der Waals surface area contributed by atoms with Crippen LogP contribution >= 0.6 is 11.6 Å². The summed E-state index contributed by atoms with van der Waals surface area (Å²) in [4.78, 5) is 11.4. The van der Waals surface area contributed by atoms with Crippen molar-refractivity contribution >= 4 is 23.6 Å². The molecule has 1 atom stereocenters. The molecule has 0 aromatic heterocycles. The van der Waals surface area contributed by atoms with Gasteiger partial charge in [0.1, 0.15) is 28.6 Å². The first-order chi connectivity index (χ1) is 13.2. The lowest BCUT2D eigenvalue weighted by atomic mass is 10.00. The maximum absolute atomic E-state index is 13.4. The zero-order valence-corrected chi connectivity index (χ0v) is 15.2. The third kappa shape index (κ3) is 3.60. The molecular weight excluding hydrogens is 401 g/mol. The highest BCUT2D eigenvalue weighted by atomic mass is 35.5. The van der Waals surface area contributed by atoms with Gasteiger partial charge in [0.2, 0.25) is 0 Å². The van der Waals surface area contributed by atoms with E-state index >= 15 is 0 Å². The second-order valence-electron chi connectivity index (χ2n) is 5.73. The number of hydrogen-bond acceptors (Lipinski definition) is 4. The number of benzene rings is 2. The van der Waals surface area contributed by atoms with Gasteiger partial charge in [-0.25, -0.2) is 4.79 Å². The molecule has 2 aromatic carbocycles. The third-order valence-corrected chi connectivity index (χ3v) is 4.36. The predicted molar refractivity (Wildman–Crippen MR) is 95.0 cm³/mol. The van der Waals surface area contributed by atoms with Gasteiger partial charge in [-0.3, -0.25) is 0 Å². The number of fused-ring (bicyclic) bond motifs is 1. The molecule has 0 bridgehead atoms. The van der Waals surface area contributed by atoms with Gasteiger partial charge in [-0.1, -0.05) is 17.7 Å². The molecule has 3 rings (SSSR count). The Labute approximate surface area is 162 Å². The number of aliphatic carboxylic acids is 1. The lowest BCUT2D eigenvalue weighted by molar-refractivity contribution is -0.204. The Bertz CT molecular complexity index is 924. The lowest BCUT2D eigenvalue weighted by Gasteiger charge is -2.34. The van der Waals surface area contributed by atoms with Crippen molar-refractivity contribution in [1.29, 1.82) is 0 Å². The molecule has 2 aromatic rings. The van der Waals surface area contributed by atoms with Crippen LogP contribution in [0.25, 0.3) is 6.08 Å². The average molecular weight is 415 g/mol. The molecule has 1 aliphatic rings. The lowest BCUT2D eigenvalue weighted by Crippen LogP contribution is -2.50. The fraction of sp³-hybridized carbons (Fsp3) is 0.211. The molecule has 0 saturated heterocycles. The van der Waals surface area contributed by atoms with Crippen molar-refractivity contribution < 1.29 is 37.3 Å². The van der Waals surface area contributed by atoms with E-state index in [0.29, 0.717) is 18.1 Å². The summed E-state index contributed by atoms with van der Waals surface area (Å²) in [5.74, 6) is -0.991. The highest BCUT2D eigenvalue weighted by Crippen LogP contribution is 2.50. The van der Waals surface area contributed by atoms with E-state index in [1.807, 2.05) is 6.92 Å². The molecule has 0 amide bonds. The molecule has 0 aliphatic carbocycles.